The molecule has 0 unspecified atom stereocenters. The molecule has 2 aromatic rings. The minimum atomic E-state index is -0.667. The van der Waals surface area contributed by atoms with Crippen molar-refractivity contribution in [1.82, 2.24) is 10.3 Å². The Hall–Kier alpha value is -2.76. The number of halogens is 1. The van der Waals surface area contributed by atoms with E-state index in [2.05, 4.69) is 10.3 Å². The van der Waals surface area contributed by atoms with Crippen LogP contribution in [-0.4, -0.2) is 29.5 Å². The van der Waals surface area contributed by atoms with Crippen LogP contribution in [0.4, 0.5) is 4.39 Å². The number of benzene rings is 1. The van der Waals surface area contributed by atoms with E-state index in [9.17, 15) is 14.0 Å². The summed E-state index contributed by atoms with van der Waals surface area (Å²) in [5, 5.41) is 2.47. The zero-order chi connectivity index (χ0) is 18.6. The number of nitrogens with one attached hydrogen (secondary N) is 1. The van der Waals surface area contributed by atoms with E-state index in [-0.39, 0.29) is 23.5 Å². The molecule has 5 nitrogen and oxygen atoms in total. The quantitative estimate of drug-likeness (QED) is 0.865. The number of ether oxygens (including phenoxy) is 1. The predicted octanol–water partition coefficient (Wildman–Crippen LogP) is 3.13. The molecule has 0 aliphatic carbocycles. The molecule has 0 atom stereocenters. The lowest BCUT2D eigenvalue weighted by Gasteiger charge is -2.20. The Labute approximate surface area is 146 Å². The fourth-order valence-corrected chi connectivity index (χ4v) is 2.21. The van der Waals surface area contributed by atoms with E-state index >= 15 is 0 Å². The smallest absolute Gasteiger partial charge is 0.338 e. The molecular weight excluding hydrogens is 323 g/mol. The Balaban J connectivity index is 2.42. The van der Waals surface area contributed by atoms with Gasteiger partial charge in [-0.2, -0.15) is 0 Å². The summed E-state index contributed by atoms with van der Waals surface area (Å²) in [6.45, 7) is 5.27. The topological polar surface area (TPSA) is 68.3 Å². The van der Waals surface area contributed by atoms with Crippen LogP contribution >= 0.6 is 0 Å². The number of aromatic nitrogens is 1. The molecular formula is C19H21FN2O3. The van der Waals surface area contributed by atoms with Gasteiger partial charge in [-0.3, -0.25) is 4.79 Å². The first-order valence-corrected chi connectivity index (χ1v) is 7.89. The summed E-state index contributed by atoms with van der Waals surface area (Å²) >= 11 is 0. The van der Waals surface area contributed by atoms with Crippen LogP contribution in [0.15, 0.2) is 36.4 Å². The minimum Gasteiger partial charge on any atom is -0.456 e. The van der Waals surface area contributed by atoms with Crippen molar-refractivity contribution in [3.8, 4) is 0 Å². The summed E-state index contributed by atoms with van der Waals surface area (Å²) in [6.07, 6.45) is 0.160. The van der Waals surface area contributed by atoms with Crippen LogP contribution < -0.4 is 5.32 Å². The number of hydrogen-bond donors (Lipinski definition) is 1. The van der Waals surface area contributed by atoms with E-state index < -0.39 is 17.5 Å². The first-order chi connectivity index (χ1) is 11.7. The maximum atomic E-state index is 13.9. The van der Waals surface area contributed by atoms with Gasteiger partial charge in [0.15, 0.2) is 0 Å². The van der Waals surface area contributed by atoms with Crippen LogP contribution in [-0.2, 0) is 11.2 Å². The van der Waals surface area contributed by atoms with Crippen molar-refractivity contribution in [2.24, 2.45) is 0 Å². The summed E-state index contributed by atoms with van der Waals surface area (Å²) in [4.78, 5) is 28.5. The molecule has 1 amide bonds. The number of esters is 1. The summed E-state index contributed by atoms with van der Waals surface area (Å²) in [5.74, 6) is -1.36. The van der Waals surface area contributed by atoms with Gasteiger partial charge in [0, 0.05) is 19.2 Å². The Morgan fingerprint density at radius 1 is 1.20 bits per heavy atom. The summed E-state index contributed by atoms with van der Waals surface area (Å²) in [6, 6.07) is 9.20. The molecule has 1 aromatic carbocycles. The molecule has 0 aliphatic rings. The molecule has 0 spiro atoms. The zero-order valence-corrected chi connectivity index (χ0v) is 14.7. The third-order valence-corrected chi connectivity index (χ3v) is 3.30. The second-order valence-electron chi connectivity index (χ2n) is 6.58. The van der Waals surface area contributed by atoms with E-state index in [0.29, 0.717) is 11.3 Å². The molecule has 132 valence electrons. The highest BCUT2D eigenvalue weighted by molar-refractivity contribution is 5.96. The van der Waals surface area contributed by atoms with E-state index in [1.165, 1.54) is 25.2 Å². The van der Waals surface area contributed by atoms with Crippen molar-refractivity contribution in [2.75, 3.05) is 7.05 Å². The highest BCUT2D eigenvalue weighted by Crippen LogP contribution is 2.17. The highest BCUT2D eigenvalue weighted by atomic mass is 19.1. The molecule has 0 bridgehead atoms. The van der Waals surface area contributed by atoms with E-state index in [4.69, 9.17) is 4.74 Å². The maximum Gasteiger partial charge on any atom is 0.338 e. The van der Waals surface area contributed by atoms with Gasteiger partial charge in [0.05, 0.1) is 5.56 Å². The fourth-order valence-electron chi connectivity index (χ4n) is 2.21. The van der Waals surface area contributed by atoms with E-state index in [1.807, 2.05) is 0 Å². The number of rotatable bonds is 4. The average molecular weight is 344 g/mol. The summed E-state index contributed by atoms with van der Waals surface area (Å²) in [7, 11) is 1.47. The van der Waals surface area contributed by atoms with Gasteiger partial charge in [-0.1, -0.05) is 18.2 Å². The van der Waals surface area contributed by atoms with Crippen molar-refractivity contribution in [2.45, 2.75) is 32.8 Å². The van der Waals surface area contributed by atoms with Crippen LogP contribution in [0.2, 0.25) is 0 Å². The maximum absolute atomic E-state index is 13.9. The number of amides is 1. The average Bonchev–Trinajstić information content (AvgIpc) is 2.54. The highest BCUT2D eigenvalue weighted by Gasteiger charge is 2.20. The molecule has 1 heterocycles. The first kappa shape index (κ1) is 18.6. The molecule has 0 saturated heterocycles. The molecule has 1 aromatic heterocycles. The number of nitrogens with zero attached hydrogens (tertiary/aromatic N) is 1. The van der Waals surface area contributed by atoms with Crippen LogP contribution in [0.1, 0.15) is 52.9 Å². The summed E-state index contributed by atoms with van der Waals surface area (Å²) in [5.41, 5.74) is 0.456. The Kier molecular flexibility index (Phi) is 5.51. The van der Waals surface area contributed by atoms with Crippen molar-refractivity contribution < 1.29 is 18.7 Å². The predicted molar refractivity (Wildman–Crippen MR) is 92.0 cm³/mol. The Bertz CT molecular complexity index is 797. The normalized spacial score (nSPS) is 11.1. The van der Waals surface area contributed by atoms with Gasteiger partial charge in [-0.15, -0.1) is 0 Å². The third-order valence-electron chi connectivity index (χ3n) is 3.30. The standard InChI is InChI=1S/C19H21FN2O3/c1-19(2,3)25-18(24)13-10-14(22-16(11-13)17(23)21-4)9-12-7-5-6-8-15(12)20/h5-8,10-11H,9H2,1-4H3,(H,21,23). The van der Waals surface area contributed by atoms with Crippen molar-refractivity contribution in [1.29, 1.82) is 0 Å². The van der Waals surface area contributed by atoms with Crippen LogP contribution in [0.25, 0.3) is 0 Å². The third kappa shape index (κ3) is 5.11. The monoisotopic (exact) mass is 344 g/mol. The molecule has 0 radical (unpaired) electrons. The molecule has 25 heavy (non-hydrogen) atoms. The molecule has 6 heteroatoms. The lowest BCUT2D eigenvalue weighted by Crippen LogP contribution is -2.25. The number of hydrogen-bond acceptors (Lipinski definition) is 4. The van der Waals surface area contributed by atoms with E-state index in [1.54, 1.807) is 39.0 Å². The van der Waals surface area contributed by atoms with Gasteiger partial charge in [0.2, 0.25) is 0 Å². The lowest BCUT2D eigenvalue weighted by atomic mass is 10.1. The molecule has 0 saturated carbocycles. The van der Waals surface area contributed by atoms with Crippen molar-refractivity contribution >= 4 is 11.9 Å². The molecule has 1 N–H and O–H groups in total. The number of carbonyl (C=O) groups excluding carboxylic acids is 2. The summed E-state index contributed by atoms with van der Waals surface area (Å²) < 4.78 is 19.2. The minimum absolute atomic E-state index is 0.0807. The number of carbonyl (C=O) groups is 2. The Morgan fingerprint density at radius 3 is 2.48 bits per heavy atom. The first-order valence-electron chi connectivity index (χ1n) is 7.89. The zero-order valence-electron chi connectivity index (χ0n) is 14.7. The van der Waals surface area contributed by atoms with E-state index in [0.717, 1.165) is 0 Å². The largest absolute Gasteiger partial charge is 0.456 e. The lowest BCUT2D eigenvalue weighted by molar-refractivity contribution is 0.00692. The molecule has 0 fully saturated rings. The van der Waals surface area contributed by atoms with Crippen molar-refractivity contribution in [3.63, 3.8) is 0 Å². The number of pyridine rings is 1. The van der Waals surface area contributed by atoms with Crippen LogP contribution in [0.3, 0.4) is 0 Å². The Morgan fingerprint density at radius 2 is 1.88 bits per heavy atom. The second kappa shape index (κ2) is 7.42. The van der Waals surface area contributed by atoms with Gasteiger partial charge in [0.25, 0.3) is 5.91 Å². The molecule has 2 rings (SSSR count). The van der Waals surface area contributed by atoms with Crippen LogP contribution in [0, 0.1) is 5.82 Å². The van der Waals surface area contributed by atoms with Gasteiger partial charge in [-0.05, 0) is 44.5 Å². The van der Waals surface area contributed by atoms with Crippen molar-refractivity contribution in [3.05, 3.63) is 64.7 Å². The fraction of sp³-hybridized carbons (Fsp3) is 0.316. The second-order valence-corrected chi connectivity index (χ2v) is 6.58. The van der Waals surface area contributed by atoms with Gasteiger partial charge in [0.1, 0.15) is 17.1 Å². The molecule has 0 aliphatic heterocycles. The van der Waals surface area contributed by atoms with Gasteiger partial charge in [-0.25, -0.2) is 14.2 Å². The SMILES string of the molecule is CNC(=O)c1cc(C(=O)OC(C)(C)C)cc(Cc2ccccc2F)n1. The van der Waals surface area contributed by atoms with Gasteiger partial charge >= 0.3 is 5.97 Å². The van der Waals surface area contributed by atoms with Crippen LogP contribution in [0.5, 0.6) is 0 Å². The van der Waals surface area contributed by atoms with Gasteiger partial charge < -0.3 is 10.1 Å².